The quantitative estimate of drug-likeness (QED) is 0.763. The van der Waals surface area contributed by atoms with Crippen LogP contribution < -0.4 is 11.1 Å². The second kappa shape index (κ2) is 5.66. The summed E-state index contributed by atoms with van der Waals surface area (Å²) in [5, 5.41) is 8.14. The largest absolute Gasteiger partial charge is 0.383 e. The zero-order chi connectivity index (χ0) is 13.0. The summed E-state index contributed by atoms with van der Waals surface area (Å²) in [6.07, 6.45) is 6.55. The van der Waals surface area contributed by atoms with Crippen molar-refractivity contribution in [1.82, 2.24) is 19.7 Å². The summed E-state index contributed by atoms with van der Waals surface area (Å²) in [5.41, 5.74) is 6.64. The fourth-order valence-corrected chi connectivity index (χ4v) is 1.88. The number of nitrogens with zero attached hydrogens (tertiary/aromatic N) is 4. The SMILES string of the molecule is CCCCCCNc1nc(N)c2cnn(C)c2n1. The zero-order valence-electron chi connectivity index (χ0n) is 11.0. The standard InChI is InChI=1S/C12H20N6/c1-3-4-5-6-7-14-12-16-10(13)9-8-15-18(2)11(9)17-12/h8H,3-7H2,1-2H3,(H3,13,14,16,17). The van der Waals surface area contributed by atoms with Crippen LogP contribution in [0.2, 0.25) is 0 Å². The van der Waals surface area contributed by atoms with Crippen LogP contribution in [0.3, 0.4) is 0 Å². The van der Waals surface area contributed by atoms with Crippen molar-refractivity contribution in [3.05, 3.63) is 6.20 Å². The van der Waals surface area contributed by atoms with Gasteiger partial charge in [-0.3, -0.25) is 4.68 Å². The topological polar surface area (TPSA) is 81.6 Å². The molecule has 2 rings (SSSR count). The maximum Gasteiger partial charge on any atom is 0.226 e. The number of nitrogens with one attached hydrogen (secondary N) is 1. The lowest BCUT2D eigenvalue weighted by Gasteiger charge is -2.06. The molecule has 0 amide bonds. The summed E-state index contributed by atoms with van der Waals surface area (Å²) in [4.78, 5) is 8.65. The number of unbranched alkanes of at least 4 members (excludes halogenated alkanes) is 3. The van der Waals surface area contributed by atoms with Crippen LogP contribution in [-0.2, 0) is 7.05 Å². The lowest BCUT2D eigenvalue weighted by Crippen LogP contribution is -2.08. The lowest BCUT2D eigenvalue weighted by molar-refractivity contribution is 0.683. The normalized spacial score (nSPS) is 11.0. The number of rotatable bonds is 6. The summed E-state index contributed by atoms with van der Waals surface area (Å²) in [5.74, 6) is 1.06. The van der Waals surface area contributed by atoms with Crippen LogP contribution in [0.5, 0.6) is 0 Å². The van der Waals surface area contributed by atoms with Gasteiger partial charge in [0, 0.05) is 13.6 Å². The Bertz CT molecular complexity index is 519. The molecule has 6 heteroatoms. The number of hydrogen-bond acceptors (Lipinski definition) is 5. The highest BCUT2D eigenvalue weighted by atomic mass is 15.3. The smallest absolute Gasteiger partial charge is 0.226 e. The van der Waals surface area contributed by atoms with E-state index in [1.807, 2.05) is 7.05 Å². The van der Waals surface area contributed by atoms with Crippen LogP contribution in [0.25, 0.3) is 11.0 Å². The molecule has 0 radical (unpaired) electrons. The van der Waals surface area contributed by atoms with Gasteiger partial charge in [-0.15, -0.1) is 0 Å². The second-order valence-corrected chi connectivity index (χ2v) is 4.43. The molecule has 0 aliphatic carbocycles. The van der Waals surface area contributed by atoms with E-state index in [1.54, 1.807) is 10.9 Å². The predicted octanol–water partition coefficient (Wildman–Crippen LogP) is 1.94. The Hall–Kier alpha value is -1.85. The Balaban J connectivity index is 2.02. The molecule has 2 heterocycles. The minimum atomic E-state index is 0.476. The van der Waals surface area contributed by atoms with E-state index in [9.17, 15) is 0 Å². The number of anilines is 2. The van der Waals surface area contributed by atoms with Crippen molar-refractivity contribution in [2.75, 3.05) is 17.6 Å². The van der Waals surface area contributed by atoms with Gasteiger partial charge in [0.25, 0.3) is 0 Å². The van der Waals surface area contributed by atoms with Gasteiger partial charge in [-0.1, -0.05) is 26.2 Å². The number of hydrogen-bond donors (Lipinski definition) is 2. The van der Waals surface area contributed by atoms with E-state index >= 15 is 0 Å². The van der Waals surface area contributed by atoms with Gasteiger partial charge in [0.15, 0.2) is 5.65 Å². The highest BCUT2D eigenvalue weighted by Gasteiger charge is 2.08. The van der Waals surface area contributed by atoms with Crippen molar-refractivity contribution in [3.63, 3.8) is 0 Å². The van der Waals surface area contributed by atoms with Gasteiger partial charge in [-0.2, -0.15) is 15.1 Å². The molecule has 0 unspecified atom stereocenters. The van der Waals surface area contributed by atoms with E-state index in [1.165, 1.54) is 19.3 Å². The first-order chi connectivity index (χ1) is 8.72. The van der Waals surface area contributed by atoms with Gasteiger partial charge in [-0.05, 0) is 6.42 Å². The molecule has 0 saturated carbocycles. The number of nitrogens with two attached hydrogens (primary N) is 1. The number of fused-ring (bicyclic) bond motifs is 1. The molecule has 0 aliphatic rings. The van der Waals surface area contributed by atoms with Crippen molar-refractivity contribution in [2.45, 2.75) is 32.6 Å². The van der Waals surface area contributed by atoms with Crippen molar-refractivity contribution >= 4 is 22.8 Å². The minimum Gasteiger partial charge on any atom is -0.383 e. The van der Waals surface area contributed by atoms with Gasteiger partial charge < -0.3 is 11.1 Å². The molecule has 0 spiro atoms. The second-order valence-electron chi connectivity index (χ2n) is 4.43. The summed E-state index contributed by atoms with van der Waals surface area (Å²) in [7, 11) is 1.85. The van der Waals surface area contributed by atoms with Crippen molar-refractivity contribution < 1.29 is 0 Å². The van der Waals surface area contributed by atoms with Crippen LogP contribution in [-0.4, -0.2) is 26.3 Å². The molecular weight excluding hydrogens is 228 g/mol. The Labute approximate surface area is 107 Å². The van der Waals surface area contributed by atoms with Crippen LogP contribution >= 0.6 is 0 Å². The summed E-state index contributed by atoms with van der Waals surface area (Å²) in [6.45, 7) is 3.08. The van der Waals surface area contributed by atoms with E-state index in [2.05, 4.69) is 27.3 Å². The van der Waals surface area contributed by atoms with Gasteiger partial charge in [0.2, 0.25) is 5.95 Å². The van der Waals surface area contributed by atoms with Gasteiger partial charge in [0.05, 0.1) is 11.6 Å². The highest BCUT2D eigenvalue weighted by molar-refractivity contribution is 5.86. The average Bonchev–Trinajstić information content (AvgIpc) is 2.72. The third kappa shape index (κ3) is 2.69. The predicted molar refractivity (Wildman–Crippen MR) is 73.3 cm³/mol. The number of aromatic nitrogens is 4. The van der Waals surface area contributed by atoms with Crippen molar-refractivity contribution in [3.8, 4) is 0 Å². The maximum atomic E-state index is 5.88. The van der Waals surface area contributed by atoms with Crippen LogP contribution in [0, 0.1) is 0 Å². The first-order valence-electron chi connectivity index (χ1n) is 6.41. The Morgan fingerprint density at radius 1 is 1.28 bits per heavy atom. The zero-order valence-corrected chi connectivity index (χ0v) is 11.0. The molecule has 0 fully saturated rings. The molecule has 18 heavy (non-hydrogen) atoms. The highest BCUT2D eigenvalue weighted by Crippen LogP contribution is 2.18. The van der Waals surface area contributed by atoms with Gasteiger partial charge in [-0.25, -0.2) is 0 Å². The third-order valence-electron chi connectivity index (χ3n) is 2.94. The Morgan fingerprint density at radius 3 is 2.89 bits per heavy atom. The molecule has 0 saturated heterocycles. The first-order valence-corrected chi connectivity index (χ1v) is 6.41. The molecule has 2 aromatic rings. The van der Waals surface area contributed by atoms with E-state index in [4.69, 9.17) is 5.73 Å². The van der Waals surface area contributed by atoms with Crippen molar-refractivity contribution in [1.29, 1.82) is 0 Å². The van der Waals surface area contributed by atoms with Crippen LogP contribution in [0.15, 0.2) is 6.20 Å². The maximum absolute atomic E-state index is 5.88. The molecule has 0 aliphatic heterocycles. The fourth-order valence-electron chi connectivity index (χ4n) is 1.88. The fraction of sp³-hybridized carbons (Fsp3) is 0.583. The molecule has 0 atom stereocenters. The third-order valence-corrected chi connectivity index (χ3v) is 2.94. The minimum absolute atomic E-state index is 0.476. The first kappa shape index (κ1) is 12.6. The van der Waals surface area contributed by atoms with E-state index in [0.29, 0.717) is 11.8 Å². The van der Waals surface area contributed by atoms with E-state index in [-0.39, 0.29) is 0 Å². The number of aryl methyl sites for hydroxylation is 1. The summed E-state index contributed by atoms with van der Waals surface area (Å²) < 4.78 is 1.70. The van der Waals surface area contributed by atoms with Gasteiger partial charge >= 0.3 is 0 Å². The molecule has 0 aromatic carbocycles. The van der Waals surface area contributed by atoms with Crippen molar-refractivity contribution in [2.24, 2.45) is 7.05 Å². The Morgan fingerprint density at radius 2 is 2.11 bits per heavy atom. The molecule has 98 valence electrons. The molecule has 0 bridgehead atoms. The summed E-state index contributed by atoms with van der Waals surface area (Å²) >= 11 is 0. The number of nitrogen functional groups attached to an aromatic ring is 1. The summed E-state index contributed by atoms with van der Waals surface area (Å²) in [6, 6.07) is 0. The van der Waals surface area contributed by atoms with Crippen LogP contribution in [0.1, 0.15) is 32.6 Å². The van der Waals surface area contributed by atoms with E-state index in [0.717, 1.165) is 24.0 Å². The van der Waals surface area contributed by atoms with Crippen LogP contribution in [0.4, 0.5) is 11.8 Å². The monoisotopic (exact) mass is 248 g/mol. The lowest BCUT2D eigenvalue weighted by atomic mass is 10.2. The Kier molecular flexibility index (Phi) is 3.96. The molecule has 3 N–H and O–H groups in total. The van der Waals surface area contributed by atoms with Gasteiger partial charge in [0.1, 0.15) is 5.82 Å². The van der Waals surface area contributed by atoms with E-state index < -0.39 is 0 Å². The molecule has 2 aromatic heterocycles. The molecule has 6 nitrogen and oxygen atoms in total. The molecular formula is C12H20N6. The average molecular weight is 248 g/mol.